The molecule has 3 aromatic rings. The molecular formula is C28H32N6O2. The van der Waals surface area contributed by atoms with Crippen molar-refractivity contribution in [3.63, 3.8) is 0 Å². The fourth-order valence-corrected chi connectivity index (χ4v) is 3.95. The van der Waals surface area contributed by atoms with Crippen molar-refractivity contribution in [3.8, 4) is 11.1 Å². The zero-order valence-corrected chi connectivity index (χ0v) is 21.0. The predicted octanol–water partition coefficient (Wildman–Crippen LogP) is 3.98. The normalized spacial score (nSPS) is 14.7. The molecule has 0 saturated heterocycles. The molecule has 2 N–H and O–H groups in total. The average molecular weight is 485 g/mol. The van der Waals surface area contributed by atoms with E-state index in [-0.39, 0.29) is 11.5 Å². The van der Waals surface area contributed by atoms with Crippen molar-refractivity contribution in [3.05, 3.63) is 82.8 Å². The molecule has 8 nitrogen and oxygen atoms in total. The number of hydrogen-bond acceptors (Lipinski definition) is 5. The summed E-state index contributed by atoms with van der Waals surface area (Å²) in [5, 5.41) is 3.71. The number of nitrogens with zero attached hydrogens (tertiary/aromatic N) is 4. The molecule has 1 aliphatic rings. The summed E-state index contributed by atoms with van der Waals surface area (Å²) in [6, 6.07) is 5.54. The first-order valence-electron chi connectivity index (χ1n) is 12.0. The van der Waals surface area contributed by atoms with E-state index in [1.165, 1.54) is 18.9 Å². The Labute approximate surface area is 210 Å². The quantitative estimate of drug-likeness (QED) is 0.259. The van der Waals surface area contributed by atoms with Crippen molar-refractivity contribution in [2.75, 3.05) is 20.6 Å². The van der Waals surface area contributed by atoms with Crippen molar-refractivity contribution < 1.29 is 4.79 Å². The van der Waals surface area contributed by atoms with Crippen LogP contribution in [0.1, 0.15) is 25.3 Å². The predicted molar refractivity (Wildman–Crippen MR) is 146 cm³/mol. The molecule has 1 saturated carbocycles. The standard InChI is InChI=1S/C28H32N6O2/c1-5-20(14-25(29-2)32-26(35)7-6-12-33(3)4)22-13-23-24(16-31-28(23)30-15-22)21-10-11-27(36)34(18-21)17-19-8-9-19/h5-7,10-11,13-16,18-19H,2,8-9,12,17H2,1,3-4H3,(H,30,31)(H,32,35)/b7-6+,20-5+,25-14+. The van der Waals surface area contributed by atoms with E-state index in [1.54, 1.807) is 29.0 Å². The summed E-state index contributed by atoms with van der Waals surface area (Å²) in [6.45, 7) is 6.94. The van der Waals surface area contributed by atoms with Gasteiger partial charge in [0.25, 0.3) is 5.56 Å². The van der Waals surface area contributed by atoms with Gasteiger partial charge in [0.05, 0.1) is 0 Å². The van der Waals surface area contributed by atoms with Crippen molar-refractivity contribution in [1.82, 2.24) is 24.8 Å². The fourth-order valence-electron chi connectivity index (χ4n) is 3.95. The highest BCUT2D eigenvalue weighted by molar-refractivity contribution is 5.96. The largest absolute Gasteiger partial charge is 0.346 e. The number of likely N-dealkylation sites (N-methyl/N-ethyl adjacent to an activating group) is 1. The van der Waals surface area contributed by atoms with Crippen LogP contribution >= 0.6 is 0 Å². The van der Waals surface area contributed by atoms with Gasteiger partial charge >= 0.3 is 0 Å². The SMILES string of the molecule is C=N/C(=C\C(=C/C)c1cnc2[nH]cc(-c3ccc(=O)n(CC4CC4)c3)c2c1)NC(=O)/C=C/CN(C)C. The number of nitrogens with one attached hydrogen (secondary N) is 2. The molecule has 186 valence electrons. The number of rotatable bonds is 10. The number of amides is 1. The van der Waals surface area contributed by atoms with E-state index < -0.39 is 0 Å². The Balaban J connectivity index is 1.62. The molecule has 0 radical (unpaired) electrons. The summed E-state index contributed by atoms with van der Waals surface area (Å²) >= 11 is 0. The molecule has 0 atom stereocenters. The molecule has 0 aromatic carbocycles. The van der Waals surface area contributed by atoms with Gasteiger partial charge < -0.3 is 19.8 Å². The van der Waals surface area contributed by atoms with Gasteiger partial charge in [0.2, 0.25) is 5.91 Å². The van der Waals surface area contributed by atoms with E-state index in [9.17, 15) is 9.59 Å². The Morgan fingerprint density at radius 3 is 2.86 bits per heavy atom. The third-order valence-corrected chi connectivity index (χ3v) is 6.08. The number of carbonyl (C=O) groups excluding carboxylic acids is 1. The van der Waals surface area contributed by atoms with E-state index in [2.05, 4.69) is 33.1 Å². The molecule has 1 aliphatic carbocycles. The molecular weight excluding hydrogens is 452 g/mol. The number of allylic oxidation sites excluding steroid dienone is 3. The van der Waals surface area contributed by atoms with Crippen LogP contribution in [0.25, 0.3) is 27.7 Å². The second-order valence-electron chi connectivity index (χ2n) is 9.26. The molecule has 3 aromatic heterocycles. The number of H-pyrrole nitrogens is 1. The van der Waals surface area contributed by atoms with Gasteiger partial charge in [0, 0.05) is 65.9 Å². The minimum absolute atomic E-state index is 0.0220. The maximum Gasteiger partial charge on any atom is 0.250 e. The molecule has 8 heteroatoms. The van der Waals surface area contributed by atoms with Crippen LogP contribution in [0.5, 0.6) is 0 Å². The fraction of sp³-hybridized carbons (Fsp3) is 0.286. The lowest BCUT2D eigenvalue weighted by Crippen LogP contribution is -2.20. The summed E-state index contributed by atoms with van der Waals surface area (Å²) < 4.78 is 1.81. The molecule has 3 heterocycles. The van der Waals surface area contributed by atoms with Crippen LogP contribution in [0, 0.1) is 5.92 Å². The second-order valence-corrected chi connectivity index (χ2v) is 9.26. The number of carbonyl (C=O) groups is 1. The van der Waals surface area contributed by atoms with Gasteiger partial charge in [-0.25, -0.2) is 9.98 Å². The maximum atomic E-state index is 12.3. The van der Waals surface area contributed by atoms with Gasteiger partial charge in [-0.2, -0.15) is 0 Å². The van der Waals surface area contributed by atoms with Crippen LogP contribution in [0.3, 0.4) is 0 Å². The monoisotopic (exact) mass is 484 g/mol. The van der Waals surface area contributed by atoms with Gasteiger partial charge in [-0.15, -0.1) is 0 Å². The number of aromatic amines is 1. The summed E-state index contributed by atoms with van der Waals surface area (Å²) in [4.78, 5) is 38.4. The van der Waals surface area contributed by atoms with Crippen LogP contribution in [0.2, 0.25) is 0 Å². The highest BCUT2D eigenvalue weighted by Crippen LogP contribution is 2.32. The molecule has 0 aliphatic heterocycles. The number of aromatic nitrogens is 3. The number of fused-ring (bicyclic) bond motifs is 1. The van der Waals surface area contributed by atoms with Gasteiger partial charge in [-0.05, 0) is 70.3 Å². The van der Waals surface area contributed by atoms with Gasteiger partial charge in [0.1, 0.15) is 11.5 Å². The third-order valence-electron chi connectivity index (χ3n) is 6.08. The highest BCUT2D eigenvalue weighted by Gasteiger charge is 2.22. The van der Waals surface area contributed by atoms with Crippen molar-refractivity contribution in [2.24, 2.45) is 10.9 Å². The van der Waals surface area contributed by atoms with Crippen LogP contribution in [0.4, 0.5) is 0 Å². The molecule has 1 fully saturated rings. The Morgan fingerprint density at radius 2 is 2.17 bits per heavy atom. The van der Waals surface area contributed by atoms with E-state index >= 15 is 0 Å². The minimum atomic E-state index is -0.270. The van der Waals surface area contributed by atoms with Gasteiger partial charge in [-0.1, -0.05) is 12.2 Å². The Bertz CT molecular complexity index is 1420. The Hall–Kier alpha value is -4.04. The molecule has 0 unspecified atom stereocenters. The van der Waals surface area contributed by atoms with Crippen LogP contribution < -0.4 is 10.9 Å². The van der Waals surface area contributed by atoms with E-state index in [0.29, 0.717) is 18.3 Å². The van der Waals surface area contributed by atoms with Crippen molar-refractivity contribution in [1.29, 1.82) is 0 Å². The molecule has 1 amide bonds. The van der Waals surface area contributed by atoms with E-state index in [4.69, 9.17) is 0 Å². The molecule has 0 bridgehead atoms. The third kappa shape index (κ3) is 6.14. The van der Waals surface area contributed by atoms with Crippen molar-refractivity contribution >= 4 is 29.2 Å². The lowest BCUT2D eigenvalue weighted by molar-refractivity contribution is -0.115. The lowest BCUT2D eigenvalue weighted by atomic mass is 10.0. The Kier molecular flexibility index (Phi) is 7.75. The second kappa shape index (κ2) is 11.1. The summed E-state index contributed by atoms with van der Waals surface area (Å²) in [6.07, 6.45) is 15.0. The van der Waals surface area contributed by atoms with E-state index in [0.717, 1.165) is 39.8 Å². The zero-order valence-electron chi connectivity index (χ0n) is 21.0. The average Bonchev–Trinajstić information content (AvgIpc) is 3.58. The number of aliphatic imine (C=N–C) groups is 1. The first-order chi connectivity index (χ1) is 17.4. The maximum absolute atomic E-state index is 12.3. The summed E-state index contributed by atoms with van der Waals surface area (Å²) in [5.74, 6) is 0.688. The minimum Gasteiger partial charge on any atom is -0.346 e. The van der Waals surface area contributed by atoms with Crippen LogP contribution in [-0.2, 0) is 11.3 Å². The molecule has 0 spiro atoms. The highest BCUT2D eigenvalue weighted by atomic mass is 16.1. The molecule has 4 rings (SSSR count). The Morgan fingerprint density at radius 1 is 1.36 bits per heavy atom. The van der Waals surface area contributed by atoms with E-state index in [1.807, 2.05) is 50.5 Å². The van der Waals surface area contributed by atoms with Gasteiger partial charge in [0.15, 0.2) is 0 Å². The summed E-state index contributed by atoms with van der Waals surface area (Å²) in [5.41, 5.74) is 4.43. The topological polar surface area (TPSA) is 95.4 Å². The van der Waals surface area contributed by atoms with Crippen molar-refractivity contribution in [2.45, 2.75) is 26.3 Å². The van der Waals surface area contributed by atoms with Gasteiger partial charge in [-0.3, -0.25) is 9.59 Å². The smallest absolute Gasteiger partial charge is 0.250 e. The number of hydrogen-bond donors (Lipinski definition) is 2. The van der Waals surface area contributed by atoms with Crippen LogP contribution in [-0.4, -0.2) is 52.7 Å². The first-order valence-corrected chi connectivity index (χ1v) is 12.0. The first kappa shape index (κ1) is 25.1. The lowest BCUT2D eigenvalue weighted by Gasteiger charge is -2.09. The zero-order chi connectivity index (χ0) is 25.7. The van der Waals surface area contributed by atoms with Crippen LogP contribution in [0.15, 0.2) is 76.7 Å². The number of pyridine rings is 2. The molecule has 36 heavy (non-hydrogen) atoms. The summed E-state index contributed by atoms with van der Waals surface area (Å²) in [7, 11) is 3.87.